The number of nitrogens with one attached hydrogen (secondary N) is 1. The van der Waals surface area contributed by atoms with Gasteiger partial charge in [0, 0.05) is 10.4 Å². The standard InChI is InChI=1S/C13H19N5S/c1-13(2,3)18-12-9(11(15)16-7-17-12)10(14)8-5-4-6-19-8/h4-7,10H,14H2,1-3H3,(H3,15,16,17,18). The van der Waals surface area contributed by atoms with E-state index in [0.29, 0.717) is 11.6 Å². The number of hydrogen-bond acceptors (Lipinski definition) is 6. The van der Waals surface area contributed by atoms with Crippen LogP contribution in [0.1, 0.15) is 37.3 Å². The molecule has 0 saturated heterocycles. The molecule has 102 valence electrons. The fourth-order valence-corrected chi connectivity index (χ4v) is 2.52. The summed E-state index contributed by atoms with van der Waals surface area (Å²) in [4.78, 5) is 9.37. The Morgan fingerprint density at radius 1 is 1.32 bits per heavy atom. The number of nitrogens with zero attached hydrogens (tertiary/aromatic N) is 2. The maximum Gasteiger partial charge on any atom is 0.137 e. The lowest BCUT2D eigenvalue weighted by atomic mass is 10.0. The Morgan fingerprint density at radius 2 is 2.05 bits per heavy atom. The summed E-state index contributed by atoms with van der Waals surface area (Å²) in [6, 6.07) is 3.64. The van der Waals surface area contributed by atoms with Crippen LogP contribution in [0.15, 0.2) is 23.8 Å². The number of nitrogen functional groups attached to an aromatic ring is 1. The van der Waals surface area contributed by atoms with Crippen molar-refractivity contribution in [2.24, 2.45) is 5.73 Å². The van der Waals surface area contributed by atoms with E-state index in [1.807, 2.05) is 17.5 Å². The molecular formula is C13H19N5S. The van der Waals surface area contributed by atoms with E-state index in [9.17, 15) is 0 Å². The van der Waals surface area contributed by atoms with Crippen molar-refractivity contribution in [1.82, 2.24) is 9.97 Å². The smallest absolute Gasteiger partial charge is 0.137 e. The lowest BCUT2D eigenvalue weighted by Gasteiger charge is -2.25. The normalized spacial score (nSPS) is 13.3. The van der Waals surface area contributed by atoms with Crippen molar-refractivity contribution < 1.29 is 0 Å². The van der Waals surface area contributed by atoms with Crippen LogP contribution in [-0.4, -0.2) is 15.5 Å². The molecule has 0 amide bonds. The maximum atomic E-state index is 6.29. The molecule has 5 nitrogen and oxygen atoms in total. The van der Waals surface area contributed by atoms with Crippen LogP contribution in [0.5, 0.6) is 0 Å². The Morgan fingerprint density at radius 3 is 2.63 bits per heavy atom. The van der Waals surface area contributed by atoms with Gasteiger partial charge in [0.1, 0.15) is 18.0 Å². The van der Waals surface area contributed by atoms with Crippen LogP contribution in [0.2, 0.25) is 0 Å². The van der Waals surface area contributed by atoms with Crippen molar-refractivity contribution in [3.63, 3.8) is 0 Å². The Hall–Kier alpha value is -1.66. The molecule has 2 rings (SSSR count). The van der Waals surface area contributed by atoms with Gasteiger partial charge in [0.2, 0.25) is 0 Å². The zero-order valence-electron chi connectivity index (χ0n) is 11.3. The zero-order chi connectivity index (χ0) is 14.0. The van der Waals surface area contributed by atoms with Gasteiger partial charge in [-0.3, -0.25) is 0 Å². The average molecular weight is 277 g/mol. The Balaban J connectivity index is 2.43. The second-order valence-corrected chi connectivity index (χ2v) is 6.37. The van der Waals surface area contributed by atoms with Crippen molar-refractivity contribution in [3.05, 3.63) is 34.3 Å². The molecule has 0 spiro atoms. The van der Waals surface area contributed by atoms with Crippen molar-refractivity contribution >= 4 is 23.0 Å². The number of thiophene rings is 1. The summed E-state index contributed by atoms with van der Waals surface area (Å²) >= 11 is 1.60. The first kappa shape index (κ1) is 13.8. The molecule has 2 heterocycles. The molecule has 0 fully saturated rings. The predicted molar refractivity (Wildman–Crippen MR) is 80.2 cm³/mol. The first-order chi connectivity index (χ1) is 8.88. The Kier molecular flexibility index (Phi) is 3.73. The number of aromatic nitrogens is 2. The van der Waals surface area contributed by atoms with Crippen molar-refractivity contribution in [2.45, 2.75) is 32.4 Å². The SMILES string of the molecule is CC(C)(C)Nc1ncnc(N)c1C(N)c1cccs1. The first-order valence-electron chi connectivity index (χ1n) is 6.06. The van der Waals surface area contributed by atoms with Gasteiger partial charge in [-0.15, -0.1) is 11.3 Å². The van der Waals surface area contributed by atoms with Gasteiger partial charge in [-0.05, 0) is 32.2 Å². The first-order valence-corrected chi connectivity index (χ1v) is 6.94. The molecule has 0 radical (unpaired) electrons. The highest BCUT2D eigenvalue weighted by atomic mass is 32.1. The predicted octanol–water partition coefficient (Wildman–Crippen LogP) is 2.38. The third kappa shape index (κ3) is 3.21. The lowest BCUT2D eigenvalue weighted by molar-refractivity contribution is 0.627. The van der Waals surface area contributed by atoms with E-state index in [1.54, 1.807) is 11.3 Å². The van der Waals surface area contributed by atoms with Crippen molar-refractivity contribution in [3.8, 4) is 0 Å². The molecule has 2 aromatic heterocycles. The van der Waals surface area contributed by atoms with E-state index >= 15 is 0 Å². The highest BCUT2D eigenvalue weighted by Crippen LogP contribution is 2.32. The number of rotatable bonds is 3. The van der Waals surface area contributed by atoms with Gasteiger partial charge < -0.3 is 16.8 Å². The molecule has 2 aromatic rings. The monoisotopic (exact) mass is 277 g/mol. The van der Waals surface area contributed by atoms with Gasteiger partial charge in [-0.25, -0.2) is 9.97 Å². The molecule has 5 N–H and O–H groups in total. The quantitative estimate of drug-likeness (QED) is 0.801. The molecule has 0 bridgehead atoms. The summed E-state index contributed by atoms with van der Waals surface area (Å²) in [5, 5.41) is 5.32. The summed E-state index contributed by atoms with van der Waals surface area (Å²) in [6.07, 6.45) is 1.45. The van der Waals surface area contributed by atoms with Crippen LogP contribution >= 0.6 is 11.3 Å². The third-order valence-corrected chi connectivity index (χ3v) is 3.52. The minimum Gasteiger partial charge on any atom is -0.383 e. The van der Waals surface area contributed by atoms with Crippen molar-refractivity contribution in [1.29, 1.82) is 0 Å². The van der Waals surface area contributed by atoms with E-state index in [-0.39, 0.29) is 11.6 Å². The van der Waals surface area contributed by atoms with Gasteiger partial charge in [0.15, 0.2) is 0 Å². The van der Waals surface area contributed by atoms with E-state index < -0.39 is 0 Å². The molecule has 0 aliphatic heterocycles. The summed E-state index contributed by atoms with van der Waals surface area (Å²) in [6.45, 7) is 6.18. The van der Waals surface area contributed by atoms with Crippen LogP contribution in [0, 0.1) is 0 Å². The Labute approximate surface area is 117 Å². The van der Waals surface area contributed by atoms with E-state index in [4.69, 9.17) is 11.5 Å². The summed E-state index contributed by atoms with van der Waals surface area (Å²) < 4.78 is 0. The zero-order valence-corrected chi connectivity index (χ0v) is 12.2. The third-order valence-electron chi connectivity index (χ3n) is 2.57. The van der Waals surface area contributed by atoms with Crippen LogP contribution in [0.4, 0.5) is 11.6 Å². The van der Waals surface area contributed by atoms with E-state index in [1.165, 1.54) is 6.33 Å². The molecule has 1 atom stereocenters. The van der Waals surface area contributed by atoms with E-state index in [0.717, 1.165) is 10.4 Å². The summed E-state index contributed by atoms with van der Waals surface area (Å²) in [7, 11) is 0. The second kappa shape index (κ2) is 5.14. The number of anilines is 2. The molecule has 0 aliphatic carbocycles. The fourth-order valence-electron chi connectivity index (χ4n) is 1.78. The topological polar surface area (TPSA) is 89.8 Å². The fraction of sp³-hybridized carbons (Fsp3) is 0.385. The van der Waals surface area contributed by atoms with Crippen LogP contribution in [0.3, 0.4) is 0 Å². The van der Waals surface area contributed by atoms with Crippen molar-refractivity contribution in [2.75, 3.05) is 11.1 Å². The molecule has 0 aliphatic rings. The highest BCUT2D eigenvalue weighted by Gasteiger charge is 2.22. The Bertz CT molecular complexity index is 545. The molecular weight excluding hydrogens is 258 g/mol. The second-order valence-electron chi connectivity index (χ2n) is 5.39. The van der Waals surface area contributed by atoms with Gasteiger partial charge in [-0.2, -0.15) is 0 Å². The highest BCUT2D eigenvalue weighted by molar-refractivity contribution is 7.10. The van der Waals surface area contributed by atoms with Crippen LogP contribution in [0.25, 0.3) is 0 Å². The van der Waals surface area contributed by atoms with Gasteiger partial charge in [0.25, 0.3) is 0 Å². The van der Waals surface area contributed by atoms with E-state index in [2.05, 4.69) is 36.1 Å². The maximum absolute atomic E-state index is 6.29. The summed E-state index contributed by atoms with van der Waals surface area (Å²) in [5.74, 6) is 1.11. The minimum atomic E-state index is -0.314. The van der Waals surface area contributed by atoms with Gasteiger partial charge in [0.05, 0.1) is 11.6 Å². The molecule has 6 heteroatoms. The van der Waals surface area contributed by atoms with Gasteiger partial charge in [-0.1, -0.05) is 6.07 Å². The van der Waals surface area contributed by atoms with Gasteiger partial charge >= 0.3 is 0 Å². The minimum absolute atomic E-state index is 0.120. The number of hydrogen-bond donors (Lipinski definition) is 3. The lowest BCUT2D eigenvalue weighted by Crippen LogP contribution is -2.29. The summed E-state index contributed by atoms with van der Waals surface area (Å²) in [5.41, 5.74) is 12.9. The van der Waals surface area contributed by atoms with Crippen LogP contribution in [-0.2, 0) is 0 Å². The molecule has 19 heavy (non-hydrogen) atoms. The molecule has 0 aromatic carbocycles. The average Bonchev–Trinajstić information content (AvgIpc) is 2.79. The largest absolute Gasteiger partial charge is 0.383 e. The number of nitrogens with two attached hydrogens (primary N) is 2. The van der Waals surface area contributed by atoms with Crippen LogP contribution < -0.4 is 16.8 Å². The molecule has 0 saturated carbocycles. The molecule has 1 unspecified atom stereocenters.